The van der Waals surface area contributed by atoms with Crippen molar-refractivity contribution in [2.24, 2.45) is 0 Å². The number of methoxy groups -OCH3 is 1. The topological polar surface area (TPSA) is 88.5 Å². The normalized spacial score (nSPS) is 10.4. The first-order valence-electron chi connectivity index (χ1n) is 6.42. The van der Waals surface area contributed by atoms with Gasteiger partial charge < -0.3 is 9.26 Å². The van der Waals surface area contributed by atoms with Crippen LogP contribution in [0.15, 0.2) is 53.1 Å². The first-order valence-corrected chi connectivity index (χ1v) is 6.42. The standard InChI is InChI=1S/C15H12N3O4/c1-21-13-8-3-2-7-12(13)15-16-14(17-22-15)10-5-4-6-11(9-10)18(19)20/h2-9H,1H3,(H,19,20)/q+1. The van der Waals surface area contributed by atoms with Gasteiger partial charge in [-0.15, -0.1) is 0 Å². The number of aromatic nitrogens is 2. The molecular formula is C15H12N3O4+. The van der Waals surface area contributed by atoms with Crippen LogP contribution in [-0.4, -0.2) is 27.4 Å². The van der Waals surface area contributed by atoms with Crippen molar-refractivity contribution in [1.29, 1.82) is 0 Å². The molecule has 0 spiro atoms. The third kappa shape index (κ3) is 2.51. The van der Waals surface area contributed by atoms with Crippen LogP contribution in [0.1, 0.15) is 0 Å². The fraction of sp³-hybridized carbons (Fsp3) is 0.0667. The lowest BCUT2D eigenvalue weighted by Gasteiger charge is -2.02. The van der Waals surface area contributed by atoms with Gasteiger partial charge in [0.15, 0.2) is 0 Å². The maximum Gasteiger partial charge on any atom is 0.317 e. The second kappa shape index (κ2) is 5.65. The largest absolute Gasteiger partial charge is 0.496 e. The molecule has 1 heterocycles. The average Bonchev–Trinajstić information content (AvgIpc) is 3.04. The average molecular weight is 298 g/mol. The van der Waals surface area contributed by atoms with Gasteiger partial charge >= 0.3 is 5.69 Å². The van der Waals surface area contributed by atoms with Crippen LogP contribution in [0.25, 0.3) is 22.8 Å². The summed E-state index contributed by atoms with van der Waals surface area (Å²) in [5.41, 5.74) is 1.31. The lowest BCUT2D eigenvalue weighted by atomic mass is 10.2. The Morgan fingerprint density at radius 1 is 1.18 bits per heavy atom. The second-order valence-corrected chi connectivity index (χ2v) is 4.45. The van der Waals surface area contributed by atoms with Gasteiger partial charge in [-0.2, -0.15) is 4.98 Å². The molecule has 0 amide bonds. The first kappa shape index (κ1) is 13.7. The van der Waals surface area contributed by atoms with Gasteiger partial charge in [0.05, 0.1) is 17.6 Å². The molecule has 0 radical (unpaired) electrons. The number of hydrogen-bond donors (Lipinski definition) is 1. The SMILES string of the molecule is COc1ccccc1-c1nc(-c2cccc([N+](=O)O)c2)no1. The number of benzene rings is 2. The van der Waals surface area contributed by atoms with Gasteiger partial charge in [-0.3, -0.25) is 0 Å². The molecule has 0 unspecified atom stereocenters. The zero-order valence-electron chi connectivity index (χ0n) is 11.6. The third-order valence-corrected chi connectivity index (χ3v) is 3.09. The van der Waals surface area contributed by atoms with E-state index in [9.17, 15) is 4.91 Å². The summed E-state index contributed by atoms with van der Waals surface area (Å²) >= 11 is 0. The fourth-order valence-corrected chi connectivity index (χ4v) is 2.04. The third-order valence-electron chi connectivity index (χ3n) is 3.09. The van der Waals surface area contributed by atoms with E-state index >= 15 is 0 Å². The highest BCUT2D eigenvalue weighted by atomic mass is 16.6. The summed E-state index contributed by atoms with van der Waals surface area (Å²) in [6.07, 6.45) is 0. The number of hydrogen-bond acceptors (Lipinski definition) is 5. The van der Waals surface area contributed by atoms with Crippen molar-refractivity contribution >= 4 is 5.69 Å². The van der Waals surface area contributed by atoms with E-state index in [1.165, 1.54) is 12.1 Å². The minimum atomic E-state index is -0.218. The molecular weight excluding hydrogens is 286 g/mol. The van der Waals surface area contributed by atoms with E-state index in [1.54, 1.807) is 31.4 Å². The number of rotatable bonds is 4. The molecule has 0 saturated heterocycles. The molecule has 0 saturated carbocycles. The second-order valence-electron chi connectivity index (χ2n) is 4.45. The minimum absolute atomic E-state index is 0.0844. The van der Waals surface area contributed by atoms with E-state index in [4.69, 9.17) is 14.5 Å². The maximum atomic E-state index is 10.9. The Bertz CT molecular complexity index is 829. The molecule has 7 nitrogen and oxygen atoms in total. The molecule has 1 aromatic heterocycles. The fourth-order valence-electron chi connectivity index (χ4n) is 2.04. The van der Waals surface area contributed by atoms with E-state index in [1.807, 2.05) is 12.1 Å². The van der Waals surface area contributed by atoms with Crippen LogP contribution < -0.4 is 4.74 Å². The van der Waals surface area contributed by atoms with Gasteiger partial charge in [-0.1, -0.05) is 29.4 Å². The van der Waals surface area contributed by atoms with Gasteiger partial charge in [0, 0.05) is 17.7 Å². The summed E-state index contributed by atoms with van der Waals surface area (Å²) in [7, 11) is 1.56. The summed E-state index contributed by atoms with van der Waals surface area (Å²) in [6, 6.07) is 13.5. The Labute approximate surface area is 125 Å². The van der Waals surface area contributed by atoms with Crippen molar-refractivity contribution in [3.63, 3.8) is 0 Å². The summed E-state index contributed by atoms with van der Waals surface area (Å²) in [5.74, 6) is 1.23. The number of nitrogens with zero attached hydrogens (tertiary/aromatic N) is 3. The molecule has 1 N–H and O–H groups in total. The molecule has 0 aliphatic heterocycles. The van der Waals surface area contributed by atoms with Gasteiger partial charge in [0.2, 0.25) is 5.82 Å². The molecule has 2 aromatic carbocycles. The summed E-state index contributed by atoms with van der Waals surface area (Å²) in [6.45, 7) is 0. The predicted octanol–water partition coefficient (Wildman–Crippen LogP) is 3.21. The van der Waals surface area contributed by atoms with Crippen molar-refractivity contribution in [2.75, 3.05) is 7.11 Å². The Hall–Kier alpha value is -3.22. The van der Waals surface area contributed by atoms with E-state index in [-0.39, 0.29) is 10.6 Å². The Morgan fingerprint density at radius 3 is 2.77 bits per heavy atom. The molecule has 22 heavy (non-hydrogen) atoms. The molecule has 0 fully saturated rings. The van der Waals surface area contributed by atoms with E-state index in [0.717, 1.165) is 0 Å². The molecule has 7 heteroatoms. The Kier molecular flexibility index (Phi) is 3.53. The highest BCUT2D eigenvalue weighted by Gasteiger charge is 2.17. The molecule has 110 valence electrons. The van der Waals surface area contributed by atoms with Gasteiger partial charge in [0.1, 0.15) is 5.75 Å². The van der Waals surface area contributed by atoms with E-state index in [2.05, 4.69) is 10.1 Å². The molecule has 0 atom stereocenters. The number of para-hydroxylation sites is 1. The van der Waals surface area contributed by atoms with Crippen LogP contribution in [0, 0.1) is 4.91 Å². The monoisotopic (exact) mass is 298 g/mol. The highest BCUT2D eigenvalue weighted by molar-refractivity contribution is 5.66. The Morgan fingerprint density at radius 2 is 2.00 bits per heavy atom. The molecule has 0 aliphatic rings. The quantitative estimate of drug-likeness (QED) is 0.744. The molecule has 0 aliphatic carbocycles. The predicted molar refractivity (Wildman–Crippen MR) is 76.8 cm³/mol. The van der Waals surface area contributed by atoms with Crippen LogP contribution in [0.3, 0.4) is 0 Å². The highest BCUT2D eigenvalue weighted by Crippen LogP contribution is 2.30. The van der Waals surface area contributed by atoms with Crippen LogP contribution >= 0.6 is 0 Å². The lowest BCUT2D eigenvalue weighted by Crippen LogP contribution is -1.92. The van der Waals surface area contributed by atoms with Gasteiger partial charge in [0.25, 0.3) is 10.8 Å². The van der Waals surface area contributed by atoms with Crippen molar-refractivity contribution in [3.05, 3.63) is 53.4 Å². The van der Waals surface area contributed by atoms with Crippen LogP contribution in [0.2, 0.25) is 0 Å². The molecule has 3 aromatic rings. The lowest BCUT2D eigenvalue weighted by molar-refractivity contribution is -0.729. The Balaban J connectivity index is 2.01. The summed E-state index contributed by atoms with van der Waals surface area (Å²) < 4.78 is 10.5. The van der Waals surface area contributed by atoms with Crippen LogP contribution in [0.4, 0.5) is 5.69 Å². The van der Waals surface area contributed by atoms with Gasteiger partial charge in [-0.05, 0) is 12.1 Å². The first-order chi connectivity index (χ1) is 10.7. The summed E-state index contributed by atoms with van der Waals surface area (Å²) in [5, 5.41) is 12.8. The van der Waals surface area contributed by atoms with Crippen molar-refractivity contribution in [1.82, 2.24) is 10.1 Å². The minimum Gasteiger partial charge on any atom is -0.496 e. The zero-order valence-corrected chi connectivity index (χ0v) is 11.6. The van der Waals surface area contributed by atoms with Crippen molar-refractivity contribution in [2.45, 2.75) is 0 Å². The van der Waals surface area contributed by atoms with E-state index in [0.29, 0.717) is 28.6 Å². The molecule has 3 rings (SSSR count). The summed E-state index contributed by atoms with van der Waals surface area (Å²) in [4.78, 5) is 15.0. The van der Waals surface area contributed by atoms with Crippen molar-refractivity contribution in [3.8, 4) is 28.6 Å². The van der Waals surface area contributed by atoms with Crippen molar-refractivity contribution < 1.29 is 19.4 Å². The smallest absolute Gasteiger partial charge is 0.317 e. The van der Waals surface area contributed by atoms with Crippen LogP contribution in [0.5, 0.6) is 5.75 Å². The van der Waals surface area contributed by atoms with E-state index < -0.39 is 0 Å². The van der Waals surface area contributed by atoms with Gasteiger partial charge in [-0.25, -0.2) is 5.21 Å². The zero-order chi connectivity index (χ0) is 15.5. The van der Waals surface area contributed by atoms with Crippen LogP contribution in [-0.2, 0) is 0 Å². The maximum absolute atomic E-state index is 10.9. The number of ether oxygens (including phenoxy) is 1. The molecule has 0 bridgehead atoms.